The molecular weight excluding hydrogens is 286 g/mol. The molecule has 0 saturated carbocycles. The van der Waals surface area contributed by atoms with Gasteiger partial charge in [-0.3, -0.25) is 0 Å². The van der Waals surface area contributed by atoms with E-state index in [-0.39, 0.29) is 11.5 Å². The Balaban J connectivity index is 2.94. The van der Waals surface area contributed by atoms with E-state index in [9.17, 15) is 26.3 Å². The maximum atomic E-state index is 12.7. The Morgan fingerprint density at radius 2 is 1.35 bits per heavy atom. The van der Waals surface area contributed by atoms with Crippen LogP contribution in [0.4, 0.5) is 26.3 Å². The van der Waals surface area contributed by atoms with E-state index >= 15 is 0 Å². The van der Waals surface area contributed by atoms with Crippen LogP contribution in [0.3, 0.4) is 0 Å². The lowest BCUT2D eigenvalue weighted by Crippen LogP contribution is -2.28. The molecule has 0 aliphatic heterocycles. The average Bonchev–Trinajstić information content (AvgIpc) is 2.26. The van der Waals surface area contributed by atoms with Crippen molar-refractivity contribution in [2.45, 2.75) is 38.2 Å². The first-order chi connectivity index (χ1) is 9.00. The van der Waals surface area contributed by atoms with Gasteiger partial charge < -0.3 is 4.74 Å². The molecule has 1 aromatic carbocycles. The SMILES string of the molecule is CC(C)c1ccc(C(OCC(F)(F)F)C(F)(F)F)cc1. The number of hydrogen-bond donors (Lipinski definition) is 0. The zero-order valence-electron chi connectivity index (χ0n) is 10.8. The van der Waals surface area contributed by atoms with Gasteiger partial charge in [-0.25, -0.2) is 0 Å². The zero-order valence-corrected chi connectivity index (χ0v) is 10.8. The van der Waals surface area contributed by atoms with Crippen molar-refractivity contribution in [3.05, 3.63) is 35.4 Å². The third-order valence-corrected chi connectivity index (χ3v) is 2.62. The fourth-order valence-electron chi connectivity index (χ4n) is 1.61. The van der Waals surface area contributed by atoms with Gasteiger partial charge in [-0.1, -0.05) is 38.1 Å². The van der Waals surface area contributed by atoms with E-state index in [1.807, 2.05) is 13.8 Å². The smallest absolute Gasteiger partial charge is 0.355 e. The van der Waals surface area contributed by atoms with Crippen LogP contribution in [0.5, 0.6) is 0 Å². The van der Waals surface area contributed by atoms with E-state index < -0.39 is 25.1 Å². The second-order valence-electron chi connectivity index (χ2n) is 4.67. The summed E-state index contributed by atoms with van der Waals surface area (Å²) in [6.07, 6.45) is -12.3. The van der Waals surface area contributed by atoms with Crippen LogP contribution in [0.1, 0.15) is 37.0 Å². The van der Waals surface area contributed by atoms with Gasteiger partial charge >= 0.3 is 12.4 Å². The van der Waals surface area contributed by atoms with Gasteiger partial charge in [-0.05, 0) is 17.0 Å². The first-order valence-corrected chi connectivity index (χ1v) is 5.85. The molecular formula is C13H14F6O. The van der Waals surface area contributed by atoms with E-state index in [2.05, 4.69) is 4.74 Å². The van der Waals surface area contributed by atoms with E-state index in [0.717, 1.165) is 17.7 Å². The van der Waals surface area contributed by atoms with Gasteiger partial charge in [0.25, 0.3) is 0 Å². The van der Waals surface area contributed by atoms with Gasteiger partial charge in [0.2, 0.25) is 0 Å². The van der Waals surface area contributed by atoms with Crippen molar-refractivity contribution >= 4 is 0 Å². The van der Waals surface area contributed by atoms with Crippen LogP contribution in [0.15, 0.2) is 24.3 Å². The van der Waals surface area contributed by atoms with Gasteiger partial charge in [0.1, 0.15) is 6.61 Å². The van der Waals surface area contributed by atoms with Crippen molar-refractivity contribution in [1.82, 2.24) is 0 Å². The number of ether oxygens (including phenoxy) is 1. The van der Waals surface area contributed by atoms with Crippen LogP contribution in [-0.4, -0.2) is 19.0 Å². The number of rotatable bonds is 4. The molecule has 1 unspecified atom stereocenters. The van der Waals surface area contributed by atoms with Crippen LogP contribution < -0.4 is 0 Å². The molecule has 20 heavy (non-hydrogen) atoms. The molecule has 0 radical (unpaired) electrons. The second-order valence-corrected chi connectivity index (χ2v) is 4.67. The summed E-state index contributed by atoms with van der Waals surface area (Å²) >= 11 is 0. The topological polar surface area (TPSA) is 9.23 Å². The van der Waals surface area contributed by atoms with Gasteiger partial charge in [0.15, 0.2) is 6.10 Å². The van der Waals surface area contributed by atoms with Crippen LogP contribution >= 0.6 is 0 Å². The number of hydrogen-bond acceptors (Lipinski definition) is 1. The third kappa shape index (κ3) is 5.03. The highest BCUT2D eigenvalue weighted by Crippen LogP contribution is 2.37. The maximum Gasteiger partial charge on any atom is 0.418 e. The van der Waals surface area contributed by atoms with Crippen molar-refractivity contribution in [3.8, 4) is 0 Å². The summed E-state index contributed by atoms with van der Waals surface area (Å²) in [5, 5.41) is 0. The molecule has 1 atom stereocenters. The molecule has 0 spiro atoms. The maximum absolute atomic E-state index is 12.7. The van der Waals surface area contributed by atoms with E-state index in [1.54, 1.807) is 0 Å². The first-order valence-electron chi connectivity index (χ1n) is 5.85. The lowest BCUT2D eigenvalue weighted by molar-refractivity contribution is -0.258. The molecule has 0 N–H and O–H groups in total. The monoisotopic (exact) mass is 300 g/mol. The molecule has 114 valence electrons. The van der Waals surface area contributed by atoms with Gasteiger partial charge in [-0.15, -0.1) is 0 Å². The largest absolute Gasteiger partial charge is 0.418 e. The van der Waals surface area contributed by atoms with Crippen molar-refractivity contribution in [3.63, 3.8) is 0 Å². The van der Waals surface area contributed by atoms with Crippen LogP contribution in [0.25, 0.3) is 0 Å². The minimum absolute atomic E-state index is 0.115. The number of benzene rings is 1. The Bertz CT molecular complexity index is 418. The summed E-state index contributed by atoms with van der Waals surface area (Å²) in [5.74, 6) is 0.115. The second kappa shape index (κ2) is 6.03. The molecule has 1 rings (SSSR count). The fraction of sp³-hybridized carbons (Fsp3) is 0.538. The fourth-order valence-corrected chi connectivity index (χ4v) is 1.61. The highest BCUT2D eigenvalue weighted by molar-refractivity contribution is 5.27. The minimum atomic E-state index is -4.90. The summed E-state index contributed by atoms with van der Waals surface area (Å²) in [7, 11) is 0. The average molecular weight is 300 g/mol. The van der Waals surface area contributed by atoms with E-state index in [0.29, 0.717) is 0 Å². The summed E-state index contributed by atoms with van der Waals surface area (Å²) in [6, 6.07) is 5.19. The Hall–Kier alpha value is -1.24. The van der Waals surface area contributed by atoms with Crippen LogP contribution in [0.2, 0.25) is 0 Å². The summed E-state index contributed by atoms with van der Waals surface area (Å²) in [4.78, 5) is 0. The molecule has 0 fully saturated rings. The van der Waals surface area contributed by atoms with Crippen molar-refractivity contribution in [2.24, 2.45) is 0 Å². The van der Waals surface area contributed by atoms with Gasteiger partial charge in [-0.2, -0.15) is 26.3 Å². The first kappa shape index (κ1) is 16.8. The summed E-state index contributed by atoms with van der Waals surface area (Å²) < 4.78 is 78.2. The molecule has 0 aliphatic rings. The van der Waals surface area contributed by atoms with Gasteiger partial charge in [0.05, 0.1) is 0 Å². The lowest BCUT2D eigenvalue weighted by atomic mass is 10.00. The van der Waals surface area contributed by atoms with Crippen molar-refractivity contribution in [2.75, 3.05) is 6.61 Å². The molecule has 0 saturated heterocycles. The third-order valence-electron chi connectivity index (χ3n) is 2.62. The van der Waals surface area contributed by atoms with Crippen molar-refractivity contribution in [1.29, 1.82) is 0 Å². The zero-order chi connectivity index (χ0) is 15.6. The molecule has 7 heteroatoms. The molecule has 0 amide bonds. The molecule has 0 heterocycles. The van der Waals surface area contributed by atoms with E-state index in [1.165, 1.54) is 12.1 Å². The van der Waals surface area contributed by atoms with Crippen LogP contribution in [0, 0.1) is 0 Å². The molecule has 1 nitrogen and oxygen atoms in total. The minimum Gasteiger partial charge on any atom is -0.355 e. The quantitative estimate of drug-likeness (QED) is 0.712. The Labute approximate surface area is 112 Å². The molecule has 0 aliphatic carbocycles. The Kier molecular flexibility index (Phi) is 5.07. The summed E-state index contributed by atoms with van der Waals surface area (Å²) in [6.45, 7) is 1.77. The predicted octanol–water partition coefficient (Wildman–Crippen LogP) is 4.99. The predicted molar refractivity (Wildman–Crippen MR) is 61.3 cm³/mol. The van der Waals surface area contributed by atoms with E-state index in [4.69, 9.17) is 0 Å². The molecule has 0 bridgehead atoms. The molecule has 0 aromatic heterocycles. The van der Waals surface area contributed by atoms with Crippen LogP contribution in [-0.2, 0) is 4.74 Å². The van der Waals surface area contributed by atoms with Crippen molar-refractivity contribution < 1.29 is 31.1 Å². The lowest BCUT2D eigenvalue weighted by Gasteiger charge is -2.22. The standard InChI is InChI=1S/C13H14F6O/c1-8(2)9-3-5-10(6-4-9)11(13(17,18)19)20-7-12(14,15)16/h3-6,8,11H,7H2,1-2H3. The number of alkyl halides is 6. The number of halogens is 6. The normalized spacial score (nSPS) is 14.7. The Morgan fingerprint density at radius 1 is 0.900 bits per heavy atom. The highest BCUT2D eigenvalue weighted by Gasteiger charge is 2.44. The summed E-state index contributed by atoms with van der Waals surface area (Å²) in [5.41, 5.74) is 0.455. The van der Waals surface area contributed by atoms with Gasteiger partial charge in [0, 0.05) is 0 Å². The molecule has 1 aromatic rings. The Morgan fingerprint density at radius 3 is 1.70 bits per heavy atom. The highest BCUT2D eigenvalue weighted by atomic mass is 19.4.